The molecule has 1 aliphatic rings. The lowest BCUT2D eigenvalue weighted by Gasteiger charge is -2.29. The van der Waals surface area contributed by atoms with Crippen molar-refractivity contribution in [1.29, 1.82) is 0 Å². The molecule has 7 nitrogen and oxygen atoms in total. The average Bonchev–Trinajstić information content (AvgIpc) is 2.95. The van der Waals surface area contributed by atoms with E-state index in [1.54, 1.807) is 6.92 Å². The molecule has 0 saturated heterocycles. The first-order valence-corrected chi connectivity index (χ1v) is 8.43. The first-order chi connectivity index (χ1) is 12.3. The van der Waals surface area contributed by atoms with Crippen molar-refractivity contribution in [3.05, 3.63) is 58.4 Å². The summed E-state index contributed by atoms with van der Waals surface area (Å²) >= 11 is 0. The Bertz CT molecular complexity index is 858. The van der Waals surface area contributed by atoms with Gasteiger partial charge in [-0.05, 0) is 31.0 Å². The summed E-state index contributed by atoms with van der Waals surface area (Å²) in [6.45, 7) is 4.28. The van der Waals surface area contributed by atoms with E-state index >= 15 is 0 Å². The van der Waals surface area contributed by atoms with Crippen LogP contribution in [0.5, 0.6) is 0 Å². The minimum Gasteiger partial charge on any atom is -0.445 e. The van der Waals surface area contributed by atoms with Gasteiger partial charge in [0.15, 0.2) is 5.60 Å². The first kappa shape index (κ1) is 17.8. The van der Waals surface area contributed by atoms with E-state index in [-0.39, 0.29) is 6.61 Å². The molecular weight excluding hydrogens is 334 g/mol. The van der Waals surface area contributed by atoms with E-state index in [1.165, 1.54) is 18.2 Å². The number of primary amides is 1. The molecule has 2 heterocycles. The number of benzene rings is 1. The zero-order valence-corrected chi connectivity index (χ0v) is 15.2. The van der Waals surface area contributed by atoms with Crippen LogP contribution in [0.3, 0.4) is 0 Å². The third-order valence-electron chi connectivity index (χ3n) is 4.85. The predicted molar refractivity (Wildman–Crippen MR) is 95.9 cm³/mol. The van der Waals surface area contributed by atoms with Gasteiger partial charge in [-0.15, -0.1) is 0 Å². The van der Waals surface area contributed by atoms with Gasteiger partial charge in [0.05, 0.1) is 0 Å². The highest BCUT2D eigenvalue weighted by Crippen LogP contribution is 2.35. The summed E-state index contributed by atoms with van der Waals surface area (Å²) in [5, 5.41) is 2.43. The Morgan fingerprint density at radius 1 is 1.31 bits per heavy atom. The van der Waals surface area contributed by atoms with E-state index in [4.69, 9.17) is 15.2 Å². The maximum atomic E-state index is 11.9. The topological polar surface area (TPSA) is 95.6 Å². The Labute approximate surface area is 152 Å². The van der Waals surface area contributed by atoms with E-state index in [2.05, 4.69) is 22.0 Å². The lowest BCUT2D eigenvalue weighted by Crippen LogP contribution is -2.39. The van der Waals surface area contributed by atoms with Gasteiger partial charge in [0.1, 0.15) is 6.61 Å². The lowest BCUT2D eigenvalue weighted by molar-refractivity contribution is -0.0251. The van der Waals surface area contributed by atoms with Crippen LogP contribution in [0.4, 0.5) is 9.59 Å². The molecule has 2 aromatic rings. The molecule has 0 fully saturated rings. The molecule has 138 valence electrons. The number of ether oxygens (including phenoxy) is 2. The SMILES string of the molecule is CNC(=O)OC(C)(COC(N)=O)c1cc2n(c1C)Cc1ccccc1C2. The number of amides is 2. The second-order valence-electron chi connectivity index (χ2n) is 6.64. The van der Waals surface area contributed by atoms with Crippen molar-refractivity contribution in [3.63, 3.8) is 0 Å². The third kappa shape index (κ3) is 3.24. The van der Waals surface area contributed by atoms with E-state index in [9.17, 15) is 9.59 Å². The molecule has 1 unspecified atom stereocenters. The van der Waals surface area contributed by atoms with Crippen LogP contribution in [0, 0.1) is 6.92 Å². The minimum atomic E-state index is -1.14. The van der Waals surface area contributed by atoms with Crippen molar-refractivity contribution in [2.45, 2.75) is 32.4 Å². The second-order valence-corrected chi connectivity index (χ2v) is 6.64. The summed E-state index contributed by atoms with van der Waals surface area (Å²) in [4.78, 5) is 23.0. The van der Waals surface area contributed by atoms with Gasteiger partial charge in [0, 0.05) is 37.0 Å². The molecule has 3 rings (SSSR count). The highest BCUT2D eigenvalue weighted by molar-refractivity contribution is 5.68. The van der Waals surface area contributed by atoms with Gasteiger partial charge in [0.25, 0.3) is 0 Å². The van der Waals surface area contributed by atoms with E-state index in [1.807, 2.05) is 25.1 Å². The molecule has 0 aliphatic carbocycles. The molecule has 1 aromatic heterocycles. The molecule has 0 bridgehead atoms. The van der Waals surface area contributed by atoms with E-state index in [0.29, 0.717) is 0 Å². The zero-order chi connectivity index (χ0) is 18.9. The third-order valence-corrected chi connectivity index (χ3v) is 4.85. The second kappa shape index (κ2) is 6.74. The average molecular weight is 357 g/mol. The molecule has 1 aromatic carbocycles. The number of alkyl carbamates (subject to hydrolysis) is 1. The summed E-state index contributed by atoms with van der Waals surface area (Å²) in [5.41, 5.74) is 9.41. The monoisotopic (exact) mass is 357 g/mol. The highest BCUT2D eigenvalue weighted by Gasteiger charge is 2.37. The summed E-state index contributed by atoms with van der Waals surface area (Å²) in [6, 6.07) is 10.3. The van der Waals surface area contributed by atoms with Gasteiger partial charge < -0.3 is 25.1 Å². The fraction of sp³-hybridized carbons (Fsp3) is 0.368. The molecule has 0 saturated carbocycles. The number of carbonyl (C=O) groups excluding carboxylic acids is 2. The Kier molecular flexibility index (Phi) is 4.63. The normalized spacial score (nSPS) is 14.6. The molecule has 1 aliphatic heterocycles. The van der Waals surface area contributed by atoms with Crippen molar-refractivity contribution in [3.8, 4) is 0 Å². The summed E-state index contributed by atoms with van der Waals surface area (Å²) in [6.07, 6.45) is -0.720. The molecule has 26 heavy (non-hydrogen) atoms. The highest BCUT2D eigenvalue weighted by atomic mass is 16.6. The predicted octanol–water partition coefficient (Wildman–Crippen LogP) is 2.42. The van der Waals surface area contributed by atoms with Gasteiger partial charge in [0.2, 0.25) is 0 Å². The van der Waals surface area contributed by atoms with Gasteiger partial charge in [-0.3, -0.25) is 0 Å². The van der Waals surface area contributed by atoms with Crippen LogP contribution in [0.15, 0.2) is 30.3 Å². The number of rotatable bonds is 4. The molecule has 3 N–H and O–H groups in total. The quantitative estimate of drug-likeness (QED) is 0.749. The van der Waals surface area contributed by atoms with Crippen LogP contribution in [-0.2, 0) is 28.0 Å². The van der Waals surface area contributed by atoms with Crippen molar-refractivity contribution in [2.24, 2.45) is 5.73 Å². The Hall–Kier alpha value is -2.96. The van der Waals surface area contributed by atoms with Crippen molar-refractivity contribution in [2.75, 3.05) is 13.7 Å². The van der Waals surface area contributed by atoms with Crippen LogP contribution in [0.2, 0.25) is 0 Å². The summed E-state index contributed by atoms with van der Waals surface area (Å²) < 4.78 is 12.7. The maximum Gasteiger partial charge on any atom is 0.407 e. The van der Waals surface area contributed by atoms with Gasteiger partial charge in [-0.1, -0.05) is 24.3 Å². The minimum absolute atomic E-state index is 0.160. The molecule has 7 heteroatoms. The molecule has 1 atom stereocenters. The Morgan fingerprint density at radius 3 is 2.65 bits per heavy atom. The Balaban J connectivity index is 1.99. The zero-order valence-electron chi connectivity index (χ0n) is 15.2. The molecule has 0 spiro atoms. The van der Waals surface area contributed by atoms with Crippen LogP contribution in [0.1, 0.15) is 35.0 Å². The number of carbonyl (C=O) groups is 2. The number of nitrogens with zero attached hydrogens (tertiary/aromatic N) is 1. The van der Waals surface area contributed by atoms with Gasteiger partial charge >= 0.3 is 12.2 Å². The van der Waals surface area contributed by atoms with Crippen molar-refractivity contribution >= 4 is 12.2 Å². The number of nitrogens with one attached hydrogen (secondary N) is 1. The number of hydrogen-bond acceptors (Lipinski definition) is 4. The van der Waals surface area contributed by atoms with Crippen LogP contribution in [-0.4, -0.2) is 30.4 Å². The maximum absolute atomic E-state index is 11.9. The summed E-state index contributed by atoms with van der Waals surface area (Å²) in [7, 11) is 1.48. The van der Waals surface area contributed by atoms with E-state index in [0.717, 1.165) is 29.9 Å². The largest absolute Gasteiger partial charge is 0.445 e. The molecular formula is C19H23N3O4. The van der Waals surface area contributed by atoms with Gasteiger partial charge in [-0.25, -0.2) is 9.59 Å². The Morgan fingerprint density at radius 2 is 2.00 bits per heavy atom. The number of hydrogen-bond donors (Lipinski definition) is 2. The standard InChI is InChI=1S/C19H23N3O4/c1-12-16(19(2,11-25-17(20)23)26-18(24)21-3)9-15-8-13-6-4-5-7-14(13)10-22(12)15/h4-7,9H,8,10-11H2,1-3H3,(H2,20,23)(H,21,24). The number of aromatic nitrogens is 1. The van der Waals surface area contributed by atoms with Crippen LogP contribution < -0.4 is 11.1 Å². The van der Waals surface area contributed by atoms with E-state index < -0.39 is 17.8 Å². The fourth-order valence-electron chi connectivity index (χ4n) is 3.49. The number of fused-ring (bicyclic) bond motifs is 2. The lowest BCUT2D eigenvalue weighted by atomic mass is 9.96. The van der Waals surface area contributed by atoms with Crippen molar-refractivity contribution < 1.29 is 19.1 Å². The van der Waals surface area contributed by atoms with Gasteiger partial charge in [-0.2, -0.15) is 0 Å². The van der Waals surface area contributed by atoms with Crippen LogP contribution >= 0.6 is 0 Å². The summed E-state index contributed by atoms with van der Waals surface area (Å²) in [5.74, 6) is 0. The molecule has 2 amide bonds. The fourth-order valence-corrected chi connectivity index (χ4v) is 3.49. The smallest absolute Gasteiger partial charge is 0.407 e. The number of nitrogens with two attached hydrogens (primary N) is 1. The van der Waals surface area contributed by atoms with Crippen LogP contribution in [0.25, 0.3) is 0 Å². The van der Waals surface area contributed by atoms with Crippen molar-refractivity contribution in [1.82, 2.24) is 9.88 Å². The first-order valence-electron chi connectivity index (χ1n) is 8.43. The molecule has 0 radical (unpaired) electrons.